The Morgan fingerprint density at radius 3 is 1.67 bits per heavy atom. The van der Waals surface area contributed by atoms with Crippen LogP contribution in [0, 0.1) is 0 Å². The van der Waals surface area contributed by atoms with Gasteiger partial charge >= 0.3 is 0 Å². The molecule has 0 aromatic carbocycles. The predicted octanol–water partition coefficient (Wildman–Crippen LogP) is -0.233. The monoisotopic (exact) mass is 221 g/mol. The molecule has 5 nitrogen and oxygen atoms in total. The lowest BCUT2D eigenvalue weighted by Gasteiger charge is -2.05. The van der Waals surface area contributed by atoms with Gasteiger partial charge in [-0.2, -0.15) is 0 Å². The first kappa shape index (κ1) is 14.8. The van der Waals surface area contributed by atoms with Crippen molar-refractivity contribution in [3.05, 3.63) is 0 Å². The van der Waals surface area contributed by atoms with Crippen LogP contribution in [0.1, 0.15) is 12.8 Å². The first-order valence-electron chi connectivity index (χ1n) is 5.46. The van der Waals surface area contributed by atoms with Gasteiger partial charge in [-0.15, -0.1) is 0 Å². The van der Waals surface area contributed by atoms with Gasteiger partial charge in [-0.3, -0.25) is 0 Å². The van der Waals surface area contributed by atoms with E-state index in [1.807, 2.05) is 0 Å². The molecule has 0 aromatic heterocycles. The highest BCUT2D eigenvalue weighted by atomic mass is 16.5. The van der Waals surface area contributed by atoms with Crippen molar-refractivity contribution in [2.45, 2.75) is 12.8 Å². The molecule has 0 saturated carbocycles. The van der Waals surface area contributed by atoms with Crippen molar-refractivity contribution in [3.8, 4) is 0 Å². The van der Waals surface area contributed by atoms with Crippen LogP contribution in [0.2, 0.25) is 0 Å². The third-order valence-corrected chi connectivity index (χ3v) is 1.68. The lowest BCUT2D eigenvalue weighted by Crippen LogP contribution is -2.11. The summed E-state index contributed by atoms with van der Waals surface area (Å²) in [5, 5.41) is 8.47. The molecule has 0 atom stereocenters. The maximum absolute atomic E-state index is 8.47. The highest BCUT2D eigenvalue weighted by Crippen LogP contribution is 1.84. The first-order chi connectivity index (χ1) is 7.41. The SMILES string of the molecule is NCCCOCCOCCOCCCO. The van der Waals surface area contributed by atoms with Crippen LogP contribution in [0.15, 0.2) is 0 Å². The minimum Gasteiger partial charge on any atom is -0.396 e. The summed E-state index contributed by atoms with van der Waals surface area (Å²) >= 11 is 0. The second-order valence-electron chi connectivity index (χ2n) is 3.06. The van der Waals surface area contributed by atoms with Crippen LogP contribution in [0.3, 0.4) is 0 Å². The van der Waals surface area contributed by atoms with Crippen LogP contribution in [-0.4, -0.2) is 57.9 Å². The maximum atomic E-state index is 8.47. The van der Waals surface area contributed by atoms with Crippen LogP contribution in [0.5, 0.6) is 0 Å². The van der Waals surface area contributed by atoms with Gasteiger partial charge in [0.1, 0.15) is 0 Å². The van der Waals surface area contributed by atoms with Gasteiger partial charge in [0.15, 0.2) is 0 Å². The lowest BCUT2D eigenvalue weighted by molar-refractivity contribution is 0.0122. The van der Waals surface area contributed by atoms with E-state index in [0.717, 1.165) is 6.42 Å². The average Bonchev–Trinajstić information content (AvgIpc) is 2.26. The number of nitrogens with two attached hydrogens (primary N) is 1. The van der Waals surface area contributed by atoms with Crippen molar-refractivity contribution >= 4 is 0 Å². The maximum Gasteiger partial charge on any atom is 0.0701 e. The quantitative estimate of drug-likeness (QED) is 0.445. The van der Waals surface area contributed by atoms with Gasteiger partial charge in [-0.25, -0.2) is 0 Å². The number of aliphatic hydroxyl groups is 1. The Balaban J connectivity index is 2.81. The molecule has 5 heteroatoms. The zero-order valence-electron chi connectivity index (χ0n) is 9.32. The van der Waals surface area contributed by atoms with Gasteiger partial charge in [0, 0.05) is 19.8 Å². The number of hydrogen-bond donors (Lipinski definition) is 2. The molecule has 0 bridgehead atoms. The van der Waals surface area contributed by atoms with E-state index in [-0.39, 0.29) is 6.61 Å². The van der Waals surface area contributed by atoms with E-state index in [4.69, 9.17) is 25.1 Å². The summed E-state index contributed by atoms with van der Waals surface area (Å²) in [6.45, 7) is 4.48. The van der Waals surface area contributed by atoms with E-state index in [2.05, 4.69) is 0 Å². The van der Waals surface area contributed by atoms with Crippen LogP contribution >= 0.6 is 0 Å². The standard InChI is InChI=1S/C10H23NO4/c11-3-1-5-13-7-9-15-10-8-14-6-2-4-12/h12H,1-11H2. The molecule has 15 heavy (non-hydrogen) atoms. The summed E-state index contributed by atoms with van der Waals surface area (Å²) in [6, 6.07) is 0. The predicted molar refractivity (Wildman–Crippen MR) is 57.8 cm³/mol. The Morgan fingerprint density at radius 2 is 1.20 bits per heavy atom. The third kappa shape index (κ3) is 13.8. The molecule has 0 fully saturated rings. The first-order valence-corrected chi connectivity index (χ1v) is 5.46. The molecule has 0 amide bonds. The van der Waals surface area contributed by atoms with Crippen molar-refractivity contribution in [2.24, 2.45) is 5.73 Å². The molecule has 92 valence electrons. The topological polar surface area (TPSA) is 73.9 Å². The Hall–Kier alpha value is -0.200. The van der Waals surface area contributed by atoms with E-state index < -0.39 is 0 Å². The minimum atomic E-state index is 0.176. The Labute approximate surface area is 91.5 Å². The molecule has 0 radical (unpaired) electrons. The molecule has 0 aromatic rings. The van der Waals surface area contributed by atoms with Crippen molar-refractivity contribution in [3.63, 3.8) is 0 Å². The van der Waals surface area contributed by atoms with Crippen LogP contribution in [0.25, 0.3) is 0 Å². The fourth-order valence-electron chi connectivity index (χ4n) is 0.894. The van der Waals surface area contributed by atoms with Crippen LogP contribution in [0.4, 0.5) is 0 Å². The molecular formula is C10H23NO4. The fraction of sp³-hybridized carbons (Fsp3) is 1.00. The average molecular weight is 221 g/mol. The van der Waals surface area contributed by atoms with E-state index in [0.29, 0.717) is 52.6 Å². The summed E-state index contributed by atoms with van der Waals surface area (Å²) in [7, 11) is 0. The van der Waals surface area contributed by atoms with E-state index in [1.54, 1.807) is 0 Å². The molecule has 0 aliphatic heterocycles. The number of hydrogen-bond acceptors (Lipinski definition) is 5. The van der Waals surface area contributed by atoms with Crippen molar-refractivity contribution in [2.75, 3.05) is 52.8 Å². The van der Waals surface area contributed by atoms with E-state index >= 15 is 0 Å². The summed E-state index contributed by atoms with van der Waals surface area (Å²) in [5.41, 5.74) is 5.30. The second-order valence-corrected chi connectivity index (χ2v) is 3.06. The molecular weight excluding hydrogens is 198 g/mol. The highest BCUT2D eigenvalue weighted by Gasteiger charge is 1.91. The molecule has 0 spiro atoms. The molecule has 0 rings (SSSR count). The van der Waals surface area contributed by atoms with Gasteiger partial charge < -0.3 is 25.1 Å². The van der Waals surface area contributed by atoms with Crippen molar-refractivity contribution in [1.82, 2.24) is 0 Å². The summed E-state index contributed by atoms with van der Waals surface area (Å²) in [6.07, 6.45) is 1.58. The van der Waals surface area contributed by atoms with E-state index in [1.165, 1.54) is 0 Å². The summed E-state index contributed by atoms with van der Waals surface area (Å²) < 4.78 is 15.7. The third-order valence-electron chi connectivity index (χ3n) is 1.68. The molecule has 0 saturated heterocycles. The smallest absolute Gasteiger partial charge is 0.0701 e. The van der Waals surface area contributed by atoms with Gasteiger partial charge in [-0.1, -0.05) is 0 Å². The molecule has 0 aliphatic rings. The number of aliphatic hydroxyl groups excluding tert-OH is 1. The van der Waals surface area contributed by atoms with Gasteiger partial charge in [-0.05, 0) is 19.4 Å². The summed E-state index contributed by atoms with van der Waals surface area (Å²) in [5.74, 6) is 0. The lowest BCUT2D eigenvalue weighted by atomic mass is 10.5. The second kappa shape index (κ2) is 13.8. The molecule has 0 heterocycles. The van der Waals surface area contributed by atoms with Gasteiger partial charge in [0.05, 0.1) is 26.4 Å². The van der Waals surface area contributed by atoms with Gasteiger partial charge in [0.2, 0.25) is 0 Å². The Kier molecular flexibility index (Phi) is 13.6. The Bertz CT molecular complexity index is 102. The number of rotatable bonds is 12. The zero-order valence-corrected chi connectivity index (χ0v) is 9.32. The Morgan fingerprint density at radius 1 is 0.733 bits per heavy atom. The highest BCUT2D eigenvalue weighted by molar-refractivity contribution is 4.37. The molecule has 0 unspecified atom stereocenters. The number of ether oxygens (including phenoxy) is 3. The summed E-state index contributed by atoms with van der Waals surface area (Å²) in [4.78, 5) is 0. The molecule has 3 N–H and O–H groups in total. The van der Waals surface area contributed by atoms with Crippen LogP contribution < -0.4 is 5.73 Å². The van der Waals surface area contributed by atoms with Crippen LogP contribution in [-0.2, 0) is 14.2 Å². The van der Waals surface area contributed by atoms with Crippen molar-refractivity contribution < 1.29 is 19.3 Å². The van der Waals surface area contributed by atoms with Gasteiger partial charge in [0.25, 0.3) is 0 Å². The van der Waals surface area contributed by atoms with E-state index in [9.17, 15) is 0 Å². The normalized spacial score (nSPS) is 10.8. The van der Waals surface area contributed by atoms with Crippen molar-refractivity contribution in [1.29, 1.82) is 0 Å². The zero-order chi connectivity index (χ0) is 11.2. The minimum absolute atomic E-state index is 0.176. The fourth-order valence-corrected chi connectivity index (χ4v) is 0.894. The largest absolute Gasteiger partial charge is 0.396 e. The molecule has 0 aliphatic carbocycles.